The highest BCUT2D eigenvalue weighted by Gasteiger charge is 2.85. The van der Waals surface area contributed by atoms with E-state index in [0.29, 0.717) is 0 Å². The highest BCUT2D eigenvalue weighted by atomic mass is 19.4. The lowest BCUT2D eigenvalue weighted by Gasteiger charge is -2.38. The van der Waals surface area contributed by atoms with Crippen molar-refractivity contribution in [2.24, 2.45) is 5.92 Å². The molecule has 160 valence electrons. The number of hydrogen-bond donors (Lipinski definition) is 0. The van der Waals surface area contributed by atoms with E-state index in [0.717, 1.165) is 6.92 Å². The first-order valence-electron chi connectivity index (χ1n) is 8.10. The van der Waals surface area contributed by atoms with Gasteiger partial charge in [0, 0.05) is 6.42 Å². The summed E-state index contributed by atoms with van der Waals surface area (Å²) in [6.45, 7) is 3.31. The molecule has 0 N–H and O–H groups in total. The van der Waals surface area contributed by atoms with Crippen LogP contribution < -0.4 is 0 Å². The van der Waals surface area contributed by atoms with Crippen molar-refractivity contribution in [1.29, 1.82) is 0 Å². The van der Waals surface area contributed by atoms with Gasteiger partial charge in [-0.1, -0.05) is 6.92 Å². The largest absolute Gasteiger partial charge is 0.458 e. The van der Waals surface area contributed by atoms with Gasteiger partial charge in [-0.25, -0.2) is 26.7 Å². The van der Waals surface area contributed by atoms with Gasteiger partial charge in [0.1, 0.15) is 23.8 Å². The molecule has 0 aliphatic heterocycles. The zero-order chi connectivity index (χ0) is 21.7. The van der Waals surface area contributed by atoms with E-state index in [-0.39, 0.29) is 6.92 Å². The average Bonchev–Trinajstić information content (AvgIpc) is 2.57. The van der Waals surface area contributed by atoms with Gasteiger partial charge in [0.2, 0.25) is 5.60 Å². The number of halogens is 8. The maximum atomic E-state index is 14.9. The summed E-state index contributed by atoms with van der Waals surface area (Å²) in [4.78, 5) is 11.6. The topological polar surface area (TPSA) is 35.5 Å². The molecule has 0 aromatic carbocycles. The number of alkyl halides is 8. The van der Waals surface area contributed by atoms with Crippen LogP contribution in [0, 0.1) is 5.92 Å². The minimum Gasteiger partial charge on any atom is -0.458 e. The van der Waals surface area contributed by atoms with Crippen LogP contribution in [0.25, 0.3) is 0 Å². The molecule has 3 unspecified atom stereocenters. The Balaban J connectivity index is 3.39. The molecule has 1 fully saturated rings. The van der Waals surface area contributed by atoms with Crippen LogP contribution in [0.15, 0.2) is 0 Å². The first kappa shape index (κ1) is 23.9. The summed E-state index contributed by atoms with van der Waals surface area (Å²) >= 11 is 0. The van der Waals surface area contributed by atoms with Crippen LogP contribution >= 0.6 is 0 Å². The van der Waals surface area contributed by atoms with E-state index in [4.69, 9.17) is 0 Å². The van der Waals surface area contributed by atoms with Crippen molar-refractivity contribution in [3.8, 4) is 0 Å². The molecule has 0 aromatic heterocycles. The van der Waals surface area contributed by atoms with Crippen LogP contribution in [-0.4, -0.2) is 47.5 Å². The molecule has 27 heavy (non-hydrogen) atoms. The molecule has 11 heteroatoms. The molecule has 0 amide bonds. The minimum absolute atomic E-state index is 0.0735. The van der Waals surface area contributed by atoms with Gasteiger partial charge >= 0.3 is 12.1 Å². The third-order valence-corrected chi connectivity index (χ3v) is 4.37. The molecule has 1 aliphatic rings. The van der Waals surface area contributed by atoms with Gasteiger partial charge in [0.05, 0.1) is 0 Å². The van der Waals surface area contributed by atoms with E-state index in [2.05, 4.69) is 9.47 Å². The Kier molecular flexibility index (Phi) is 5.96. The molecule has 0 spiro atoms. The molecule has 1 aliphatic carbocycles. The predicted molar refractivity (Wildman–Crippen MR) is 78.4 cm³/mol. The average molecular weight is 414 g/mol. The molecule has 0 aromatic rings. The second-order valence-electron chi connectivity index (χ2n) is 7.78. The van der Waals surface area contributed by atoms with Gasteiger partial charge in [-0.2, -0.15) is 13.2 Å². The maximum Gasteiger partial charge on any atom is 0.423 e. The van der Waals surface area contributed by atoms with Gasteiger partial charge in [0.25, 0.3) is 11.8 Å². The van der Waals surface area contributed by atoms with Crippen molar-refractivity contribution in [3.05, 3.63) is 0 Å². The fraction of sp³-hybridized carbons (Fsp3) is 0.938. The summed E-state index contributed by atoms with van der Waals surface area (Å²) < 4.78 is 121. The molecule has 1 saturated carbocycles. The van der Waals surface area contributed by atoms with Crippen molar-refractivity contribution in [3.63, 3.8) is 0 Å². The number of rotatable bonds is 5. The van der Waals surface area contributed by atoms with Crippen molar-refractivity contribution < 1.29 is 49.4 Å². The van der Waals surface area contributed by atoms with E-state index in [9.17, 15) is 39.9 Å². The molecule has 0 bridgehead atoms. The highest BCUT2D eigenvalue weighted by molar-refractivity contribution is 5.71. The second kappa shape index (κ2) is 6.73. The van der Waals surface area contributed by atoms with Crippen LogP contribution in [-0.2, 0) is 14.3 Å². The Morgan fingerprint density at radius 1 is 1.04 bits per heavy atom. The Hall–Kier alpha value is -1.13. The van der Waals surface area contributed by atoms with E-state index in [1.165, 1.54) is 20.8 Å². The normalized spacial score (nSPS) is 31.8. The van der Waals surface area contributed by atoms with Crippen molar-refractivity contribution in [2.75, 3.05) is 6.61 Å². The zero-order valence-corrected chi connectivity index (χ0v) is 15.4. The molecule has 0 heterocycles. The van der Waals surface area contributed by atoms with Gasteiger partial charge in [-0.3, -0.25) is 0 Å². The lowest BCUT2D eigenvalue weighted by Crippen LogP contribution is -2.61. The minimum atomic E-state index is -5.93. The summed E-state index contributed by atoms with van der Waals surface area (Å²) in [5.41, 5.74) is -9.31. The quantitative estimate of drug-likeness (QED) is 0.465. The molecule has 1 rings (SSSR count). The zero-order valence-electron chi connectivity index (χ0n) is 15.4. The SMILES string of the molecule is CCC1(F)CC(OCC(=O)OC(C)(C)C)(C(F)(F)F)C(F)(F)C1C(C)(F)F. The molecular weight excluding hydrogens is 392 g/mol. The Labute approximate surface area is 151 Å². The summed E-state index contributed by atoms with van der Waals surface area (Å²) in [5, 5.41) is 0. The van der Waals surface area contributed by atoms with Crippen molar-refractivity contribution in [2.45, 2.75) is 82.4 Å². The summed E-state index contributed by atoms with van der Waals surface area (Å²) in [7, 11) is 0. The van der Waals surface area contributed by atoms with Gasteiger partial charge in [-0.15, -0.1) is 0 Å². The summed E-state index contributed by atoms with van der Waals surface area (Å²) in [6, 6.07) is 0. The number of esters is 1. The Bertz CT molecular complexity index is 563. The number of carbonyl (C=O) groups is 1. The smallest absolute Gasteiger partial charge is 0.423 e. The Morgan fingerprint density at radius 3 is 1.81 bits per heavy atom. The monoisotopic (exact) mass is 414 g/mol. The fourth-order valence-electron chi connectivity index (χ4n) is 3.36. The van der Waals surface area contributed by atoms with Gasteiger partial charge in [-0.05, 0) is 34.1 Å². The molecule has 3 atom stereocenters. The number of hydrogen-bond acceptors (Lipinski definition) is 3. The third-order valence-electron chi connectivity index (χ3n) is 4.37. The number of ether oxygens (including phenoxy) is 2. The van der Waals surface area contributed by atoms with Gasteiger partial charge < -0.3 is 9.47 Å². The van der Waals surface area contributed by atoms with Crippen molar-refractivity contribution >= 4 is 5.97 Å². The van der Waals surface area contributed by atoms with Crippen LogP contribution in [0.2, 0.25) is 0 Å². The lowest BCUT2D eigenvalue weighted by molar-refractivity contribution is -0.348. The van der Waals surface area contributed by atoms with Crippen LogP contribution in [0.4, 0.5) is 35.1 Å². The van der Waals surface area contributed by atoms with E-state index in [1.807, 2.05) is 0 Å². The maximum absolute atomic E-state index is 14.9. The van der Waals surface area contributed by atoms with E-state index < -0.39 is 66.2 Å². The molecule has 3 nitrogen and oxygen atoms in total. The number of carbonyl (C=O) groups excluding carboxylic acids is 1. The summed E-state index contributed by atoms with van der Waals surface area (Å²) in [5.74, 6) is -14.8. The van der Waals surface area contributed by atoms with Gasteiger partial charge in [0.15, 0.2) is 0 Å². The van der Waals surface area contributed by atoms with E-state index in [1.54, 1.807) is 0 Å². The standard InChI is InChI=1S/C16H22F8O3/c1-6-13(19)8-14(16(22,23)24,15(20,21)10(13)12(5,17)18)26-7-9(25)27-11(2,3)4/h10H,6-8H2,1-5H3. The molecule has 0 radical (unpaired) electrons. The van der Waals surface area contributed by atoms with Crippen LogP contribution in [0.3, 0.4) is 0 Å². The lowest BCUT2D eigenvalue weighted by atomic mass is 9.84. The highest BCUT2D eigenvalue weighted by Crippen LogP contribution is 2.66. The molecular formula is C16H22F8O3. The first-order valence-corrected chi connectivity index (χ1v) is 8.10. The second-order valence-corrected chi connectivity index (χ2v) is 7.78. The Morgan fingerprint density at radius 2 is 1.52 bits per heavy atom. The predicted octanol–water partition coefficient (Wildman–Crippen LogP) is 5.07. The summed E-state index contributed by atoms with van der Waals surface area (Å²) in [6.07, 6.45) is -9.01. The molecule has 0 saturated heterocycles. The first-order chi connectivity index (χ1) is 11.7. The van der Waals surface area contributed by atoms with Crippen LogP contribution in [0.5, 0.6) is 0 Å². The van der Waals surface area contributed by atoms with Crippen molar-refractivity contribution in [1.82, 2.24) is 0 Å². The third kappa shape index (κ3) is 4.32. The van der Waals surface area contributed by atoms with E-state index >= 15 is 0 Å². The fourth-order valence-corrected chi connectivity index (χ4v) is 3.36. The van der Waals surface area contributed by atoms with Crippen LogP contribution in [0.1, 0.15) is 47.5 Å².